The second kappa shape index (κ2) is 27.1. The number of nitrogens with zero attached hydrogens (tertiary/aromatic N) is 1. The van der Waals surface area contributed by atoms with Gasteiger partial charge in [0.15, 0.2) is 15.6 Å². The van der Waals surface area contributed by atoms with Crippen LogP contribution in [0.2, 0.25) is 10.0 Å². The first-order chi connectivity index (χ1) is 28.6. The van der Waals surface area contributed by atoms with Crippen LogP contribution in [0.5, 0.6) is 0 Å². The molecule has 1 aliphatic rings. The predicted octanol–water partition coefficient (Wildman–Crippen LogP) is 5.45. The van der Waals surface area contributed by atoms with Gasteiger partial charge < -0.3 is 44.0 Å². The summed E-state index contributed by atoms with van der Waals surface area (Å²) in [6.07, 6.45) is 1.25. The molecule has 0 saturated carbocycles. The van der Waals surface area contributed by atoms with Gasteiger partial charge in [-0.15, -0.1) is 0 Å². The summed E-state index contributed by atoms with van der Waals surface area (Å²) >= 11 is 12.8. The molecule has 13 nitrogen and oxygen atoms in total. The lowest BCUT2D eigenvalue weighted by atomic mass is 9.85. The standard InChI is InChI=1S/C43H59Cl2N3O10S/c1-46-14-18-55-22-26-58-27-23-56-19-15-47-43(50)35-8-6-34(7-9-35)42(49)5-3-16-53-20-24-57-25-21-54-17-4-28-59(51,52)37-12-10-33(11-13-37)39-31-48(2)32-40-38(39)29-36(44)30-41(40)45/h6-13,29-30,39,46H,3-5,14-28,31-32H2,1-2H3,(H,47,50). The molecule has 0 spiro atoms. The molecule has 0 radical (unpaired) electrons. The first-order valence-electron chi connectivity index (χ1n) is 20.1. The van der Waals surface area contributed by atoms with Crippen LogP contribution in [-0.4, -0.2) is 144 Å². The van der Waals surface area contributed by atoms with Crippen molar-refractivity contribution in [2.45, 2.75) is 36.6 Å². The number of Topliss-reactive ketones (excluding diaryl/α,β-unsaturated/α-hetero) is 1. The van der Waals surface area contributed by atoms with Crippen LogP contribution in [0.1, 0.15) is 62.6 Å². The second-order valence-electron chi connectivity index (χ2n) is 14.1. The highest BCUT2D eigenvalue weighted by molar-refractivity contribution is 7.91. The maximum atomic E-state index is 13.0. The number of nitrogens with one attached hydrogen (secondary N) is 2. The minimum absolute atomic E-state index is 0.0183. The lowest BCUT2D eigenvalue weighted by Gasteiger charge is -2.33. The SMILES string of the molecule is CNCCOCCOCCOCCNC(=O)c1ccc(C(=O)CCCOCCOCCOCCCS(=O)(=O)c2ccc(C3CN(C)Cc4c(Cl)cc(Cl)cc43)cc2)cc1. The molecule has 1 heterocycles. The molecule has 0 aliphatic carbocycles. The van der Waals surface area contributed by atoms with Crippen molar-refractivity contribution < 1.29 is 46.4 Å². The van der Waals surface area contributed by atoms with Crippen molar-refractivity contribution in [3.63, 3.8) is 0 Å². The first-order valence-corrected chi connectivity index (χ1v) is 22.5. The van der Waals surface area contributed by atoms with E-state index in [0.29, 0.717) is 126 Å². The lowest BCUT2D eigenvalue weighted by Crippen LogP contribution is -2.31. The lowest BCUT2D eigenvalue weighted by molar-refractivity contribution is 0.0142. The Morgan fingerprint density at radius 3 is 1.86 bits per heavy atom. The summed E-state index contributed by atoms with van der Waals surface area (Å²) in [6.45, 7) is 7.80. The molecule has 3 aromatic carbocycles. The summed E-state index contributed by atoms with van der Waals surface area (Å²) in [6, 6.07) is 17.4. The number of likely N-dealkylation sites (N-methyl/N-ethyl adjacent to an activating group) is 2. The van der Waals surface area contributed by atoms with E-state index in [9.17, 15) is 18.0 Å². The largest absolute Gasteiger partial charge is 0.379 e. The molecule has 16 heteroatoms. The summed E-state index contributed by atoms with van der Waals surface area (Å²) in [5.74, 6) is -0.238. The molecule has 0 aromatic heterocycles. The van der Waals surface area contributed by atoms with E-state index in [1.165, 1.54) is 0 Å². The van der Waals surface area contributed by atoms with E-state index in [4.69, 9.17) is 51.6 Å². The van der Waals surface area contributed by atoms with Crippen molar-refractivity contribution in [2.75, 3.05) is 119 Å². The summed E-state index contributed by atoms with van der Waals surface area (Å²) < 4.78 is 59.0. The van der Waals surface area contributed by atoms with Crippen molar-refractivity contribution in [3.8, 4) is 0 Å². The van der Waals surface area contributed by atoms with Crippen LogP contribution < -0.4 is 10.6 Å². The van der Waals surface area contributed by atoms with Gasteiger partial charge in [0.2, 0.25) is 0 Å². The average molecular weight is 881 g/mol. The molecule has 59 heavy (non-hydrogen) atoms. The van der Waals surface area contributed by atoms with E-state index >= 15 is 0 Å². The molecule has 3 aromatic rings. The Labute approximate surface area is 359 Å². The molecule has 326 valence electrons. The van der Waals surface area contributed by atoms with Gasteiger partial charge in [-0.2, -0.15) is 0 Å². The van der Waals surface area contributed by atoms with Crippen molar-refractivity contribution >= 4 is 44.7 Å². The van der Waals surface area contributed by atoms with Crippen LogP contribution in [0.3, 0.4) is 0 Å². The number of halogens is 2. The highest BCUT2D eigenvalue weighted by Gasteiger charge is 2.27. The number of amides is 1. The normalized spacial score (nSPS) is 14.3. The van der Waals surface area contributed by atoms with Crippen molar-refractivity contribution in [3.05, 3.63) is 98.5 Å². The number of ketones is 1. The Morgan fingerprint density at radius 2 is 1.25 bits per heavy atom. The van der Waals surface area contributed by atoms with E-state index in [-0.39, 0.29) is 28.3 Å². The van der Waals surface area contributed by atoms with Gasteiger partial charge in [0.05, 0.1) is 76.7 Å². The number of fused-ring (bicyclic) bond motifs is 1. The van der Waals surface area contributed by atoms with Crippen LogP contribution in [0.15, 0.2) is 65.6 Å². The van der Waals surface area contributed by atoms with Gasteiger partial charge in [-0.1, -0.05) is 47.5 Å². The Balaban J connectivity index is 0.973. The van der Waals surface area contributed by atoms with Crippen LogP contribution in [0.4, 0.5) is 0 Å². The zero-order chi connectivity index (χ0) is 42.3. The van der Waals surface area contributed by atoms with Gasteiger partial charge in [0.25, 0.3) is 5.91 Å². The monoisotopic (exact) mass is 879 g/mol. The zero-order valence-electron chi connectivity index (χ0n) is 34.2. The molecular weight excluding hydrogens is 821 g/mol. The van der Waals surface area contributed by atoms with Gasteiger partial charge in [0, 0.05) is 72.9 Å². The number of sulfone groups is 1. The van der Waals surface area contributed by atoms with E-state index in [1.807, 2.05) is 32.3 Å². The van der Waals surface area contributed by atoms with Crippen LogP contribution in [0, 0.1) is 0 Å². The van der Waals surface area contributed by atoms with Gasteiger partial charge in [-0.25, -0.2) is 8.42 Å². The smallest absolute Gasteiger partial charge is 0.251 e. The van der Waals surface area contributed by atoms with E-state index in [1.54, 1.807) is 42.5 Å². The molecule has 1 amide bonds. The fraction of sp³-hybridized carbons (Fsp3) is 0.535. The van der Waals surface area contributed by atoms with Crippen molar-refractivity contribution in [2.24, 2.45) is 0 Å². The van der Waals surface area contributed by atoms with Crippen LogP contribution >= 0.6 is 23.2 Å². The molecule has 1 aliphatic heterocycles. The van der Waals surface area contributed by atoms with Gasteiger partial charge >= 0.3 is 0 Å². The third-order valence-corrected chi connectivity index (χ3v) is 11.9. The molecule has 1 atom stereocenters. The highest BCUT2D eigenvalue weighted by Crippen LogP contribution is 2.38. The fourth-order valence-electron chi connectivity index (χ4n) is 6.39. The highest BCUT2D eigenvalue weighted by atomic mass is 35.5. The predicted molar refractivity (Wildman–Crippen MR) is 229 cm³/mol. The summed E-state index contributed by atoms with van der Waals surface area (Å²) in [5.41, 5.74) is 4.15. The Kier molecular flexibility index (Phi) is 22.3. The third-order valence-electron chi connectivity index (χ3n) is 9.51. The fourth-order valence-corrected chi connectivity index (χ4v) is 8.24. The first kappa shape index (κ1) is 48.7. The maximum Gasteiger partial charge on any atom is 0.251 e. The third kappa shape index (κ3) is 17.5. The van der Waals surface area contributed by atoms with Crippen molar-refractivity contribution in [1.82, 2.24) is 15.5 Å². The summed E-state index contributed by atoms with van der Waals surface area (Å²) in [7, 11) is 0.445. The molecule has 0 fully saturated rings. The molecule has 4 rings (SSSR count). The number of ether oxygens (including phenoxy) is 6. The minimum Gasteiger partial charge on any atom is -0.379 e. The van der Waals surface area contributed by atoms with Gasteiger partial charge in [0.1, 0.15) is 0 Å². The van der Waals surface area contributed by atoms with E-state index < -0.39 is 9.84 Å². The summed E-state index contributed by atoms with van der Waals surface area (Å²) in [5, 5.41) is 7.04. The molecule has 2 N–H and O–H groups in total. The number of hydrogen-bond donors (Lipinski definition) is 2. The van der Waals surface area contributed by atoms with Gasteiger partial charge in [-0.05, 0) is 80.0 Å². The number of carbonyl (C=O) groups excluding carboxylic acids is 2. The van der Waals surface area contributed by atoms with Crippen LogP contribution in [0.25, 0.3) is 0 Å². The molecule has 1 unspecified atom stereocenters. The van der Waals surface area contributed by atoms with Crippen LogP contribution in [-0.2, 0) is 44.8 Å². The number of rotatable bonds is 30. The number of carbonyl (C=O) groups is 2. The average Bonchev–Trinajstić information content (AvgIpc) is 3.23. The molecule has 0 saturated heterocycles. The van der Waals surface area contributed by atoms with Gasteiger partial charge in [-0.3, -0.25) is 9.59 Å². The Hall–Kier alpha value is -2.99. The van der Waals surface area contributed by atoms with E-state index in [2.05, 4.69) is 15.5 Å². The summed E-state index contributed by atoms with van der Waals surface area (Å²) in [4.78, 5) is 27.5. The van der Waals surface area contributed by atoms with Crippen molar-refractivity contribution in [1.29, 1.82) is 0 Å². The topological polar surface area (TPSA) is 151 Å². The van der Waals surface area contributed by atoms with E-state index in [0.717, 1.165) is 36.3 Å². The maximum absolute atomic E-state index is 13.0. The molecular formula is C43H59Cl2N3O10S. The number of hydrogen-bond acceptors (Lipinski definition) is 12. The second-order valence-corrected chi connectivity index (χ2v) is 17.0. The molecule has 0 bridgehead atoms. The number of benzene rings is 3. The Bertz CT molecular complexity index is 1820. The Morgan fingerprint density at radius 1 is 0.712 bits per heavy atom. The quantitative estimate of drug-likeness (QED) is 0.0648. The minimum atomic E-state index is -3.47. The zero-order valence-corrected chi connectivity index (χ0v) is 36.5.